The molecule has 1 aromatic rings. The van der Waals surface area contributed by atoms with E-state index < -0.39 is 0 Å². The van der Waals surface area contributed by atoms with E-state index in [9.17, 15) is 0 Å². The fourth-order valence-electron chi connectivity index (χ4n) is 2.22. The van der Waals surface area contributed by atoms with E-state index >= 15 is 0 Å². The first-order chi connectivity index (χ1) is 8.19. The van der Waals surface area contributed by atoms with E-state index in [1.807, 2.05) is 12.1 Å². The Labute approximate surface area is 102 Å². The van der Waals surface area contributed by atoms with Crippen molar-refractivity contribution in [3.8, 4) is 6.07 Å². The van der Waals surface area contributed by atoms with Crippen LogP contribution in [0.2, 0.25) is 0 Å². The van der Waals surface area contributed by atoms with Crippen molar-refractivity contribution < 1.29 is 0 Å². The maximum atomic E-state index is 8.72. The molecule has 1 saturated heterocycles. The highest BCUT2D eigenvalue weighted by atomic mass is 15.2. The molecule has 0 saturated carbocycles. The Morgan fingerprint density at radius 2 is 2.35 bits per heavy atom. The Morgan fingerprint density at radius 1 is 1.53 bits per heavy atom. The number of hydrogen-bond donors (Lipinski definition) is 1. The zero-order valence-corrected chi connectivity index (χ0v) is 10.3. The molecule has 1 aliphatic rings. The summed E-state index contributed by atoms with van der Waals surface area (Å²) in [5, 5.41) is 12.3. The molecule has 2 rings (SSSR count). The van der Waals surface area contributed by atoms with Crippen LogP contribution in [-0.2, 0) is 0 Å². The molecular formula is C13H18N4. The van der Waals surface area contributed by atoms with Crippen LogP contribution in [0.5, 0.6) is 0 Å². The molecule has 1 aliphatic heterocycles. The van der Waals surface area contributed by atoms with Gasteiger partial charge in [0.15, 0.2) is 0 Å². The van der Waals surface area contributed by atoms with Gasteiger partial charge in [-0.3, -0.25) is 0 Å². The summed E-state index contributed by atoms with van der Waals surface area (Å²) in [6.45, 7) is 6.37. The molecule has 17 heavy (non-hydrogen) atoms. The summed E-state index contributed by atoms with van der Waals surface area (Å²) in [6, 6.07) is 6.91. The van der Waals surface area contributed by atoms with Crippen molar-refractivity contribution in [3.05, 3.63) is 23.9 Å². The number of nitriles is 1. The minimum Gasteiger partial charge on any atom is -0.355 e. The van der Waals surface area contributed by atoms with Crippen molar-refractivity contribution in [3.63, 3.8) is 0 Å². The van der Waals surface area contributed by atoms with Gasteiger partial charge >= 0.3 is 0 Å². The van der Waals surface area contributed by atoms with Crippen LogP contribution in [0.4, 0.5) is 5.82 Å². The second kappa shape index (κ2) is 5.15. The molecule has 2 heterocycles. The van der Waals surface area contributed by atoms with Gasteiger partial charge in [-0.15, -0.1) is 0 Å². The molecule has 0 spiro atoms. The summed E-state index contributed by atoms with van der Waals surface area (Å²) in [5.41, 5.74) is 0.616. The Balaban J connectivity index is 1.98. The van der Waals surface area contributed by atoms with Crippen molar-refractivity contribution in [1.82, 2.24) is 10.3 Å². The van der Waals surface area contributed by atoms with Gasteiger partial charge in [0.05, 0.1) is 5.56 Å². The molecular weight excluding hydrogens is 212 g/mol. The van der Waals surface area contributed by atoms with Crippen LogP contribution in [0, 0.1) is 11.3 Å². The highest BCUT2D eigenvalue weighted by molar-refractivity contribution is 5.43. The van der Waals surface area contributed by atoms with Gasteiger partial charge in [0.2, 0.25) is 0 Å². The van der Waals surface area contributed by atoms with Crippen molar-refractivity contribution in [2.75, 3.05) is 18.0 Å². The molecule has 0 aliphatic carbocycles. The number of pyridine rings is 1. The first-order valence-electron chi connectivity index (χ1n) is 6.06. The molecule has 1 atom stereocenters. The van der Waals surface area contributed by atoms with Crippen molar-refractivity contribution in [2.24, 2.45) is 0 Å². The second-order valence-electron chi connectivity index (χ2n) is 4.77. The highest BCUT2D eigenvalue weighted by Crippen LogP contribution is 2.18. The maximum absolute atomic E-state index is 8.72. The summed E-state index contributed by atoms with van der Waals surface area (Å²) in [4.78, 5) is 6.59. The van der Waals surface area contributed by atoms with Crippen LogP contribution in [0.25, 0.3) is 0 Å². The molecule has 1 N–H and O–H groups in total. The number of anilines is 1. The number of rotatable bonds is 3. The fraction of sp³-hybridized carbons (Fsp3) is 0.538. The van der Waals surface area contributed by atoms with E-state index in [0.717, 1.165) is 25.3 Å². The lowest BCUT2D eigenvalue weighted by Crippen LogP contribution is -2.37. The lowest BCUT2D eigenvalue weighted by Gasteiger charge is -2.19. The number of hydrogen-bond acceptors (Lipinski definition) is 4. The predicted octanol–water partition coefficient (Wildman–Crippen LogP) is 1.53. The molecule has 1 unspecified atom stereocenters. The summed E-state index contributed by atoms with van der Waals surface area (Å²) >= 11 is 0. The van der Waals surface area contributed by atoms with Crippen molar-refractivity contribution in [2.45, 2.75) is 32.4 Å². The van der Waals surface area contributed by atoms with Gasteiger partial charge in [0, 0.05) is 31.4 Å². The van der Waals surface area contributed by atoms with Gasteiger partial charge in [-0.2, -0.15) is 5.26 Å². The summed E-state index contributed by atoms with van der Waals surface area (Å²) in [5.74, 6) is 0.969. The first-order valence-corrected chi connectivity index (χ1v) is 6.06. The Morgan fingerprint density at radius 3 is 2.94 bits per heavy atom. The summed E-state index contributed by atoms with van der Waals surface area (Å²) in [7, 11) is 0. The van der Waals surface area contributed by atoms with Gasteiger partial charge in [-0.1, -0.05) is 13.8 Å². The molecule has 1 aromatic heterocycles. The normalized spacial score (nSPS) is 19.6. The van der Waals surface area contributed by atoms with Gasteiger partial charge in [-0.25, -0.2) is 4.98 Å². The van der Waals surface area contributed by atoms with Gasteiger partial charge in [-0.05, 0) is 18.6 Å². The predicted molar refractivity (Wildman–Crippen MR) is 67.8 cm³/mol. The van der Waals surface area contributed by atoms with Crippen LogP contribution in [0.3, 0.4) is 0 Å². The second-order valence-corrected chi connectivity index (χ2v) is 4.77. The molecule has 0 amide bonds. The van der Waals surface area contributed by atoms with E-state index in [2.05, 4.69) is 35.1 Å². The van der Waals surface area contributed by atoms with E-state index in [-0.39, 0.29) is 0 Å². The smallest absolute Gasteiger partial charge is 0.128 e. The molecule has 1 fully saturated rings. The summed E-state index contributed by atoms with van der Waals surface area (Å²) < 4.78 is 0. The van der Waals surface area contributed by atoms with Gasteiger partial charge in [0.1, 0.15) is 11.9 Å². The maximum Gasteiger partial charge on any atom is 0.128 e. The van der Waals surface area contributed by atoms with E-state index in [1.54, 1.807) is 6.20 Å². The van der Waals surface area contributed by atoms with E-state index in [4.69, 9.17) is 5.26 Å². The Hall–Kier alpha value is -1.60. The first kappa shape index (κ1) is 11.9. The molecule has 0 bridgehead atoms. The lowest BCUT2D eigenvalue weighted by atomic mass is 10.2. The van der Waals surface area contributed by atoms with Crippen LogP contribution in [0.1, 0.15) is 25.8 Å². The molecule has 90 valence electrons. The molecule has 0 aromatic carbocycles. The molecule has 4 heteroatoms. The minimum absolute atomic E-state index is 0.522. The SMILES string of the molecule is CC(C)NC1CCN(c2ccc(C#N)cn2)C1. The van der Waals surface area contributed by atoms with Crippen LogP contribution in [-0.4, -0.2) is 30.2 Å². The minimum atomic E-state index is 0.522. The number of nitrogens with one attached hydrogen (secondary N) is 1. The van der Waals surface area contributed by atoms with Crippen molar-refractivity contribution >= 4 is 5.82 Å². The van der Waals surface area contributed by atoms with Crippen molar-refractivity contribution in [1.29, 1.82) is 5.26 Å². The van der Waals surface area contributed by atoms with E-state index in [0.29, 0.717) is 17.6 Å². The third-order valence-corrected chi connectivity index (χ3v) is 2.96. The van der Waals surface area contributed by atoms with Crippen LogP contribution >= 0.6 is 0 Å². The van der Waals surface area contributed by atoms with Crippen LogP contribution < -0.4 is 10.2 Å². The fourth-order valence-corrected chi connectivity index (χ4v) is 2.22. The lowest BCUT2D eigenvalue weighted by molar-refractivity contribution is 0.492. The molecule has 4 nitrogen and oxygen atoms in total. The monoisotopic (exact) mass is 230 g/mol. The topological polar surface area (TPSA) is 52.0 Å². The van der Waals surface area contributed by atoms with Gasteiger partial charge in [0.25, 0.3) is 0 Å². The zero-order chi connectivity index (χ0) is 12.3. The van der Waals surface area contributed by atoms with Gasteiger partial charge < -0.3 is 10.2 Å². The highest BCUT2D eigenvalue weighted by Gasteiger charge is 2.23. The largest absolute Gasteiger partial charge is 0.355 e. The molecule has 0 radical (unpaired) electrons. The third-order valence-electron chi connectivity index (χ3n) is 2.96. The average Bonchev–Trinajstić information content (AvgIpc) is 2.77. The average molecular weight is 230 g/mol. The Kier molecular flexibility index (Phi) is 3.60. The zero-order valence-electron chi connectivity index (χ0n) is 10.3. The summed E-state index contributed by atoms with van der Waals surface area (Å²) in [6.07, 6.45) is 2.79. The van der Waals surface area contributed by atoms with Crippen LogP contribution in [0.15, 0.2) is 18.3 Å². The quantitative estimate of drug-likeness (QED) is 0.855. The Bertz CT molecular complexity index is 404. The van der Waals surface area contributed by atoms with E-state index in [1.165, 1.54) is 0 Å². The standard InChI is InChI=1S/C13H18N4/c1-10(2)16-12-5-6-17(9-12)13-4-3-11(7-14)8-15-13/h3-4,8,10,12,16H,5-6,9H2,1-2H3. The third kappa shape index (κ3) is 2.95. The number of nitrogens with zero attached hydrogens (tertiary/aromatic N) is 3. The number of aromatic nitrogens is 1.